The summed E-state index contributed by atoms with van der Waals surface area (Å²) in [6.07, 6.45) is 1.02. The largest absolute Gasteiger partial charge is 0.294 e. The zero-order chi connectivity index (χ0) is 12.3. The molecule has 0 aliphatic heterocycles. The lowest BCUT2D eigenvalue weighted by atomic mass is 10.1. The van der Waals surface area contributed by atoms with E-state index in [1.807, 2.05) is 17.5 Å². The van der Waals surface area contributed by atoms with Crippen molar-refractivity contribution >= 4 is 33.0 Å². The predicted octanol–water partition coefficient (Wildman–Crippen LogP) is 4.47. The molecule has 1 heterocycles. The Labute approximate surface area is 111 Å². The molecule has 0 aliphatic rings. The second-order valence-corrected chi connectivity index (χ2v) is 5.57. The van der Waals surface area contributed by atoms with Crippen molar-refractivity contribution in [3.8, 4) is 0 Å². The normalized spacial score (nSPS) is 10.5. The zero-order valence-electron chi connectivity index (χ0n) is 8.95. The second kappa shape index (κ2) is 5.56. The number of hydrogen-bond donors (Lipinski definition) is 0. The molecule has 0 fully saturated rings. The topological polar surface area (TPSA) is 17.1 Å². The molecule has 4 heteroatoms. The molecule has 1 aromatic carbocycles. The van der Waals surface area contributed by atoms with Crippen molar-refractivity contribution in [2.75, 3.05) is 0 Å². The average Bonchev–Trinajstić information content (AvgIpc) is 2.78. The van der Waals surface area contributed by atoms with Crippen molar-refractivity contribution in [2.45, 2.75) is 12.8 Å². The predicted molar refractivity (Wildman–Crippen MR) is 71.1 cm³/mol. The molecule has 2 rings (SSSR count). The van der Waals surface area contributed by atoms with Crippen molar-refractivity contribution in [1.29, 1.82) is 0 Å². The Kier molecular flexibility index (Phi) is 4.07. The molecule has 0 unspecified atom stereocenters. The van der Waals surface area contributed by atoms with Gasteiger partial charge in [-0.15, -0.1) is 11.3 Å². The summed E-state index contributed by atoms with van der Waals surface area (Å²) in [6, 6.07) is 8.45. The first kappa shape index (κ1) is 12.5. The smallest absolute Gasteiger partial charge is 0.166 e. The van der Waals surface area contributed by atoms with Crippen molar-refractivity contribution in [2.24, 2.45) is 0 Å². The van der Waals surface area contributed by atoms with Crippen LogP contribution in [0.15, 0.2) is 40.2 Å². The quantitative estimate of drug-likeness (QED) is 0.761. The first-order chi connectivity index (χ1) is 8.16. The monoisotopic (exact) mass is 312 g/mol. The van der Waals surface area contributed by atoms with Crippen LogP contribution in [0.25, 0.3) is 0 Å². The Morgan fingerprint density at radius 2 is 2.18 bits per heavy atom. The summed E-state index contributed by atoms with van der Waals surface area (Å²) in [5.74, 6) is -0.612. The summed E-state index contributed by atoms with van der Waals surface area (Å²) in [5, 5.41) is 1.97. The number of thiophene rings is 1. The van der Waals surface area contributed by atoms with Gasteiger partial charge < -0.3 is 0 Å². The number of hydrogen-bond acceptors (Lipinski definition) is 2. The molecule has 17 heavy (non-hydrogen) atoms. The highest BCUT2D eigenvalue weighted by molar-refractivity contribution is 9.10. The maximum atomic E-state index is 13.5. The SMILES string of the molecule is O=C(CCc1cccs1)c1ccc(Br)cc1F. The van der Waals surface area contributed by atoms with Gasteiger partial charge in [-0.3, -0.25) is 4.79 Å². The lowest BCUT2D eigenvalue weighted by molar-refractivity contribution is 0.0979. The van der Waals surface area contributed by atoms with Crippen LogP contribution in [0.4, 0.5) is 4.39 Å². The van der Waals surface area contributed by atoms with Gasteiger partial charge >= 0.3 is 0 Å². The van der Waals surface area contributed by atoms with Crippen LogP contribution in [0.1, 0.15) is 21.7 Å². The minimum Gasteiger partial charge on any atom is -0.294 e. The number of ketones is 1. The molecular formula is C13H10BrFOS. The van der Waals surface area contributed by atoms with Crippen LogP contribution in [0.3, 0.4) is 0 Å². The van der Waals surface area contributed by atoms with Crippen molar-refractivity contribution in [3.63, 3.8) is 0 Å². The maximum absolute atomic E-state index is 13.5. The summed E-state index contributed by atoms with van der Waals surface area (Å²) in [7, 11) is 0. The third-order valence-corrected chi connectivity index (χ3v) is 3.84. The van der Waals surface area contributed by atoms with Gasteiger partial charge in [-0.25, -0.2) is 4.39 Å². The van der Waals surface area contributed by atoms with Crippen molar-refractivity contribution in [3.05, 3.63) is 56.4 Å². The molecule has 0 aliphatic carbocycles. The molecule has 1 nitrogen and oxygen atoms in total. The fourth-order valence-corrected chi connectivity index (χ4v) is 2.58. The number of halogens is 2. The molecule has 0 atom stereocenters. The Hall–Kier alpha value is -1.00. The number of carbonyl (C=O) groups is 1. The Bertz CT molecular complexity index is 522. The van der Waals surface area contributed by atoms with E-state index in [4.69, 9.17) is 0 Å². The molecule has 2 aromatic rings. The standard InChI is InChI=1S/C13H10BrFOS/c14-9-3-5-11(12(15)8-9)13(16)6-4-10-2-1-7-17-10/h1-3,5,7-8H,4,6H2. The van der Waals surface area contributed by atoms with E-state index in [1.54, 1.807) is 17.4 Å². The van der Waals surface area contributed by atoms with E-state index in [-0.39, 0.29) is 11.3 Å². The van der Waals surface area contributed by atoms with Gasteiger partial charge in [0.1, 0.15) is 5.82 Å². The van der Waals surface area contributed by atoms with Gasteiger partial charge in [0.15, 0.2) is 5.78 Å². The number of aryl methyl sites for hydroxylation is 1. The summed E-state index contributed by atoms with van der Waals surface area (Å²) < 4.78 is 14.2. The fraction of sp³-hybridized carbons (Fsp3) is 0.154. The number of carbonyl (C=O) groups excluding carboxylic acids is 1. The van der Waals surface area contributed by atoms with E-state index in [9.17, 15) is 9.18 Å². The fourth-order valence-electron chi connectivity index (χ4n) is 1.54. The third-order valence-electron chi connectivity index (χ3n) is 2.41. The summed E-state index contributed by atoms with van der Waals surface area (Å²) in [6.45, 7) is 0. The number of benzene rings is 1. The lowest BCUT2D eigenvalue weighted by Gasteiger charge is -2.02. The van der Waals surface area contributed by atoms with Crippen LogP contribution in [-0.4, -0.2) is 5.78 Å². The van der Waals surface area contributed by atoms with Gasteiger partial charge in [0.05, 0.1) is 5.56 Å². The first-order valence-corrected chi connectivity index (χ1v) is 6.85. The van der Waals surface area contributed by atoms with Gasteiger partial charge in [-0.1, -0.05) is 22.0 Å². The lowest BCUT2D eigenvalue weighted by Crippen LogP contribution is -2.03. The van der Waals surface area contributed by atoms with Gasteiger partial charge in [0.25, 0.3) is 0 Å². The minimum atomic E-state index is -0.462. The van der Waals surface area contributed by atoms with E-state index in [2.05, 4.69) is 15.9 Å². The minimum absolute atomic E-state index is 0.150. The second-order valence-electron chi connectivity index (χ2n) is 3.63. The van der Waals surface area contributed by atoms with E-state index in [0.717, 1.165) is 4.88 Å². The van der Waals surface area contributed by atoms with E-state index in [1.165, 1.54) is 12.1 Å². The van der Waals surface area contributed by atoms with E-state index >= 15 is 0 Å². The van der Waals surface area contributed by atoms with Crippen LogP contribution in [-0.2, 0) is 6.42 Å². The molecule has 0 radical (unpaired) electrons. The summed E-state index contributed by atoms with van der Waals surface area (Å²) >= 11 is 4.78. The Morgan fingerprint density at radius 1 is 1.35 bits per heavy atom. The number of rotatable bonds is 4. The van der Waals surface area contributed by atoms with Crippen LogP contribution >= 0.6 is 27.3 Å². The molecule has 0 saturated heterocycles. The Balaban J connectivity index is 2.04. The average molecular weight is 313 g/mol. The van der Waals surface area contributed by atoms with Gasteiger partial charge in [0, 0.05) is 15.8 Å². The molecule has 0 N–H and O–H groups in total. The third kappa shape index (κ3) is 3.23. The van der Waals surface area contributed by atoms with Crippen LogP contribution in [0, 0.1) is 5.82 Å². The summed E-state index contributed by atoms with van der Waals surface area (Å²) in [5.41, 5.74) is 0.171. The Morgan fingerprint density at radius 3 is 2.82 bits per heavy atom. The molecule has 0 bridgehead atoms. The molecule has 0 spiro atoms. The maximum Gasteiger partial charge on any atom is 0.166 e. The summed E-state index contributed by atoms with van der Waals surface area (Å²) in [4.78, 5) is 13.0. The molecule has 1 aromatic heterocycles. The highest BCUT2D eigenvalue weighted by Crippen LogP contribution is 2.18. The van der Waals surface area contributed by atoms with E-state index in [0.29, 0.717) is 17.3 Å². The van der Waals surface area contributed by atoms with Gasteiger partial charge in [0.2, 0.25) is 0 Å². The van der Waals surface area contributed by atoms with E-state index < -0.39 is 5.82 Å². The van der Waals surface area contributed by atoms with Gasteiger partial charge in [-0.05, 0) is 36.1 Å². The van der Waals surface area contributed by atoms with Crippen molar-refractivity contribution < 1.29 is 9.18 Å². The molecular weight excluding hydrogens is 303 g/mol. The first-order valence-electron chi connectivity index (χ1n) is 5.17. The molecule has 0 amide bonds. The van der Waals surface area contributed by atoms with Crippen LogP contribution in [0.5, 0.6) is 0 Å². The number of Topliss-reactive ketones (excluding diaryl/α,β-unsaturated/α-hetero) is 1. The van der Waals surface area contributed by atoms with Crippen molar-refractivity contribution in [1.82, 2.24) is 0 Å². The highest BCUT2D eigenvalue weighted by Gasteiger charge is 2.12. The highest BCUT2D eigenvalue weighted by atomic mass is 79.9. The molecule has 0 saturated carbocycles. The van der Waals surface area contributed by atoms with Crippen LogP contribution < -0.4 is 0 Å². The molecule has 88 valence electrons. The zero-order valence-corrected chi connectivity index (χ0v) is 11.4. The van der Waals surface area contributed by atoms with Crippen LogP contribution in [0.2, 0.25) is 0 Å². The van der Waals surface area contributed by atoms with Gasteiger partial charge in [-0.2, -0.15) is 0 Å².